The van der Waals surface area contributed by atoms with E-state index in [0.29, 0.717) is 17.3 Å². The Labute approximate surface area is 168 Å². The summed E-state index contributed by atoms with van der Waals surface area (Å²) in [7, 11) is 3.37. The molecule has 1 unspecified atom stereocenters. The third-order valence-corrected chi connectivity index (χ3v) is 5.43. The molecular formula is C21H22FN5O2. The molecule has 0 bridgehead atoms. The molecule has 0 radical (unpaired) electrons. The maximum Gasteiger partial charge on any atom is 0.236 e. The van der Waals surface area contributed by atoms with Crippen LogP contribution in [0.25, 0.3) is 17.1 Å². The highest BCUT2D eigenvalue weighted by Gasteiger charge is 2.42. The summed E-state index contributed by atoms with van der Waals surface area (Å²) < 4.78 is 20.3. The summed E-state index contributed by atoms with van der Waals surface area (Å²) in [5.74, 6) is 0.543. The van der Waals surface area contributed by atoms with Crippen molar-refractivity contribution in [1.29, 1.82) is 0 Å². The van der Waals surface area contributed by atoms with Gasteiger partial charge in [0.15, 0.2) is 11.6 Å². The predicted octanol–water partition coefficient (Wildman–Crippen LogP) is 3.43. The molecule has 0 saturated heterocycles. The van der Waals surface area contributed by atoms with Crippen LogP contribution in [-0.4, -0.2) is 39.8 Å². The number of fused-ring (bicyclic) bond motifs is 1. The van der Waals surface area contributed by atoms with Crippen molar-refractivity contribution in [3.8, 4) is 17.1 Å². The first-order valence-corrected chi connectivity index (χ1v) is 9.28. The van der Waals surface area contributed by atoms with Crippen molar-refractivity contribution < 1.29 is 13.9 Å². The molecule has 3 heterocycles. The van der Waals surface area contributed by atoms with E-state index in [1.165, 1.54) is 12.3 Å². The average Bonchev–Trinajstić information content (AvgIpc) is 3.23. The number of methoxy groups -OCH3 is 1. The minimum Gasteiger partial charge on any atom is -0.374 e. The molecule has 1 atom stereocenters. The molecule has 4 rings (SSSR count). The van der Waals surface area contributed by atoms with Crippen molar-refractivity contribution >= 4 is 11.6 Å². The van der Waals surface area contributed by atoms with Crippen LogP contribution in [0.2, 0.25) is 0 Å². The molecule has 29 heavy (non-hydrogen) atoms. The molecule has 150 valence electrons. The second kappa shape index (κ2) is 6.73. The van der Waals surface area contributed by atoms with Gasteiger partial charge in [-0.2, -0.15) is 4.39 Å². The number of likely N-dealkylation sites (N-methyl/N-ethyl adjacent to an activating group) is 1. The van der Waals surface area contributed by atoms with Gasteiger partial charge in [0, 0.05) is 25.4 Å². The fourth-order valence-corrected chi connectivity index (χ4v) is 3.58. The second-order valence-corrected chi connectivity index (χ2v) is 7.64. The van der Waals surface area contributed by atoms with Crippen LogP contribution in [0.1, 0.15) is 38.3 Å². The van der Waals surface area contributed by atoms with Crippen molar-refractivity contribution in [2.75, 3.05) is 19.1 Å². The zero-order chi connectivity index (χ0) is 20.9. The van der Waals surface area contributed by atoms with Gasteiger partial charge in [0.1, 0.15) is 6.10 Å². The Morgan fingerprint density at radius 1 is 1.21 bits per heavy atom. The fourth-order valence-electron chi connectivity index (χ4n) is 3.58. The van der Waals surface area contributed by atoms with E-state index in [-0.39, 0.29) is 12.0 Å². The first kappa shape index (κ1) is 19.2. The topological polar surface area (TPSA) is 73.1 Å². The smallest absolute Gasteiger partial charge is 0.236 e. The zero-order valence-corrected chi connectivity index (χ0v) is 17.0. The molecule has 0 fully saturated rings. The molecule has 3 aromatic rings. The van der Waals surface area contributed by atoms with Gasteiger partial charge in [-0.05, 0) is 56.7 Å². The number of anilines is 1. The second-order valence-electron chi connectivity index (χ2n) is 7.64. The Morgan fingerprint density at radius 3 is 2.62 bits per heavy atom. The Kier molecular flexibility index (Phi) is 4.46. The summed E-state index contributed by atoms with van der Waals surface area (Å²) in [6.45, 7) is 5.68. The molecule has 1 aliphatic heterocycles. The first-order chi connectivity index (χ1) is 13.7. The van der Waals surface area contributed by atoms with Crippen LogP contribution in [-0.2, 0) is 14.9 Å². The molecular weight excluding hydrogens is 373 g/mol. The average molecular weight is 395 g/mol. The van der Waals surface area contributed by atoms with Crippen molar-refractivity contribution in [2.45, 2.75) is 32.3 Å². The number of benzene rings is 1. The number of carbonyl (C=O) groups excluding carboxylic acids is 1. The van der Waals surface area contributed by atoms with Crippen molar-refractivity contribution in [1.82, 2.24) is 19.7 Å². The normalized spacial score (nSPS) is 16.2. The highest BCUT2D eigenvalue weighted by Crippen LogP contribution is 2.42. The largest absolute Gasteiger partial charge is 0.374 e. The quantitative estimate of drug-likeness (QED) is 0.633. The van der Waals surface area contributed by atoms with Crippen molar-refractivity contribution in [3.63, 3.8) is 0 Å². The van der Waals surface area contributed by atoms with Crippen LogP contribution in [0, 0.1) is 5.95 Å². The minimum absolute atomic E-state index is 0.0440. The highest BCUT2D eigenvalue weighted by atomic mass is 19.1. The van der Waals surface area contributed by atoms with Crippen LogP contribution >= 0.6 is 0 Å². The van der Waals surface area contributed by atoms with Crippen LogP contribution in [0.5, 0.6) is 0 Å². The zero-order valence-electron chi connectivity index (χ0n) is 17.0. The van der Waals surface area contributed by atoms with Gasteiger partial charge in [0.25, 0.3) is 0 Å². The summed E-state index contributed by atoms with van der Waals surface area (Å²) in [4.78, 5) is 22.7. The maximum absolute atomic E-state index is 13.3. The summed E-state index contributed by atoms with van der Waals surface area (Å²) in [6, 6.07) is 8.66. The van der Waals surface area contributed by atoms with E-state index >= 15 is 0 Å². The van der Waals surface area contributed by atoms with Crippen LogP contribution in [0.4, 0.5) is 10.1 Å². The SMILES string of the molecule is COC(C)c1nc(-c2ccc3c(c2)C(C)(C)C(=O)N3C)n(-c2ccc(F)nc2)n1. The fraction of sp³-hybridized carbons (Fsp3) is 0.333. The van der Waals surface area contributed by atoms with E-state index in [0.717, 1.165) is 16.8 Å². The summed E-state index contributed by atoms with van der Waals surface area (Å²) in [6.07, 6.45) is 1.09. The van der Waals surface area contributed by atoms with E-state index in [9.17, 15) is 9.18 Å². The van der Waals surface area contributed by atoms with Gasteiger partial charge in [-0.1, -0.05) is 0 Å². The maximum atomic E-state index is 13.3. The Balaban J connectivity index is 1.89. The number of aromatic nitrogens is 4. The molecule has 0 spiro atoms. The number of halogens is 1. The van der Waals surface area contributed by atoms with E-state index in [1.54, 1.807) is 29.8 Å². The number of rotatable bonds is 4. The van der Waals surface area contributed by atoms with Crippen LogP contribution in [0.3, 0.4) is 0 Å². The summed E-state index contributed by atoms with van der Waals surface area (Å²) in [5, 5.41) is 4.56. The third-order valence-electron chi connectivity index (χ3n) is 5.43. The molecule has 1 aromatic carbocycles. The number of hydrogen-bond acceptors (Lipinski definition) is 5. The Bertz CT molecular complexity index is 1090. The Hall–Kier alpha value is -3.13. The summed E-state index contributed by atoms with van der Waals surface area (Å²) in [5.41, 5.74) is 2.55. The highest BCUT2D eigenvalue weighted by molar-refractivity contribution is 6.07. The van der Waals surface area contributed by atoms with Gasteiger partial charge in [-0.15, -0.1) is 5.10 Å². The molecule has 0 N–H and O–H groups in total. The van der Waals surface area contributed by atoms with Gasteiger partial charge >= 0.3 is 0 Å². The lowest BCUT2D eigenvalue weighted by atomic mass is 9.85. The number of pyridine rings is 1. The van der Waals surface area contributed by atoms with Crippen LogP contribution < -0.4 is 4.90 Å². The monoisotopic (exact) mass is 395 g/mol. The van der Waals surface area contributed by atoms with Gasteiger partial charge in [0.2, 0.25) is 11.9 Å². The van der Waals surface area contributed by atoms with Gasteiger partial charge < -0.3 is 9.64 Å². The molecule has 1 amide bonds. The van der Waals surface area contributed by atoms with E-state index in [4.69, 9.17) is 4.74 Å². The lowest BCUT2D eigenvalue weighted by molar-refractivity contribution is -0.121. The van der Waals surface area contributed by atoms with Crippen molar-refractivity contribution in [3.05, 3.63) is 53.9 Å². The van der Waals surface area contributed by atoms with Gasteiger partial charge in [-0.25, -0.2) is 14.6 Å². The molecule has 2 aromatic heterocycles. The van der Waals surface area contributed by atoms with Gasteiger partial charge in [-0.3, -0.25) is 4.79 Å². The Morgan fingerprint density at radius 2 is 1.97 bits per heavy atom. The van der Waals surface area contributed by atoms with Gasteiger partial charge in [0.05, 0.1) is 17.3 Å². The third kappa shape index (κ3) is 3.00. The molecule has 7 nitrogen and oxygen atoms in total. The molecule has 8 heteroatoms. The van der Waals surface area contributed by atoms with Crippen molar-refractivity contribution in [2.24, 2.45) is 0 Å². The van der Waals surface area contributed by atoms with E-state index < -0.39 is 11.4 Å². The minimum atomic E-state index is -0.634. The van der Waals surface area contributed by atoms with E-state index in [1.807, 2.05) is 39.0 Å². The number of hydrogen-bond donors (Lipinski definition) is 0. The number of ether oxygens (including phenoxy) is 1. The molecule has 0 saturated carbocycles. The first-order valence-electron chi connectivity index (χ1n) is 9.28. The lowest BCUT2D eigenvalue weighted by Crippen LogP contribution is -2.33. The number of carbonyl (C=O) groups is 1. The number of amides is 1. The molecule has 1 aliphatic rings. The lowest BCUT2D eigenvalue weighted by Gasteiger charge is -2.16. The standard InChI is InChI=1S/C21H22FN5O2/c1-12(29-5)18-24-19(27(25-18)14-7-9-17(22)23-11-14)13-6-8-16-15(10-13)21(2,3)20(28)26(16)4/h6-12H,1-5H3. The predicted molar refractivity (Wildman–Crippen MR) is 106 cm³/mol. The number of nitrogens with zero attached hydrogens (tertiary/aromatic N) is 5. The summed E-state index contributed by atoms with van der Waals surface area (Å²) >= 11 is 0. The molecule has 0 aliphatic carbocycles. The van der Waals surface area contributed by atoms with E-state index in [2.05, 4.69) is 15.1 Å². The van der Waals surface area contributed by atoms with Crippen LogP contribution in [0.15, 0.2) is 36.5 Å².